The highest BCUT2D eigenvalue weighted by Crippen LogP contribution is 2.27. The molecular formula is C11H14F3NO. The summed E-state index contributed by atoms with van der Waals surface area (Å²) in [7, 11) is 0. The van der Waals surface area contributed by atoms with Crippen molar-refractivity contribution in [1.82, 2.24) is 4.98 Å². The van der Waals surface area contributed by atoms with Crippen molar-refractivity contribution in [2.24, 2.45) is 0 Å². The number of halogens is 3. The maximum atomic E-state index is 12.3. The van der Waals surface area contributed by atoms with Gasteiger partial charge in [-0.2, -0.15) is 13.2 Å². The van der Waals surface area contributed by atoms with Crippen molar-refractivity contribution in [2.75, 3.05) is 0 Å². The first-order valence-electron chi connectivity index (χ1n) is 4.85. The Labute approximate surface area is 92.5 Å². The molecule has 1 rings (SSSR count). The molecule has 0 atom stereocenters. The van der Waals surface area contributed by atoms with Crippen LogP contribution in [-0.4, -0.2) is 10.6 Å². The number of ether oxygens (including phenoxy) is 1. The van der Waals surface area contributed by atoms with Crippen LogP contribution in [0.1, 0.15) is 32.2 Å². The summed E-state index contributed by atoms with van der Waals surface area (Å²) in [5.41, 5.74) is -0.997. The first-order valence-corrected chi connectivity index (χ1v) is 4.85. The van der Waals surface area contributed by atoms with Crippen LogP contribution in [0.4, 0.5) is 13.2 Å². The SMILES string of the molecule is CC(C)(C)OCc1cccc(C(F)(F)F)n1. The Morgan fingerprint density at radius 2 is 1.81 bits per heavy atom. The minimum Gasteiger partial charge on any atom is -0.370 e. The third-order valence-corrected chi connectivity index (χ3v) is 1.75. The second kappa shape index (κ2) is 4.41. The normalized spacial score (nSPS) is 12.9. The van der Waals surface area contributed by atoms with Gasteiger partial charge >= 0.3 is 6.18 Å². The zero-order valence-electron chi connectivity index (χ0n) is 9.43. The van der Waals surface area contributed by atoms with Crippen LogP contribution in [0.25, 0.3) is 0 Å². The van der Waals surface area contributed by atoms with Gasteiger partial charge in [-0.05, 0) is 32.9 Å². The average Bonchev–Trinajstić information content (AvgIpc) is 2.13. The van der Waals surface area contributed by atoms with Gasteiger partial charge in [0.2, 0.25) is 0 Å². The molecule has 1 aromatic rings. The first kappa shape index (κ1) is 13.0. The van der Waals surface area contributed by atoms with Crippen LogP contribution in [0, 0.1) is 0 Å². The fourth-order valence-corrected chi connectivity index (χ4v) is 1.01. The van der Waals surface area contributed by atoms with Crippen molar-refractivity contribution in [3.63, 3.8) is 0 Å². The number of alkyl halides is 3. The standard InChI is InChI=1S/C11H14F3NO/c1-10(2,3)16-7-8-5-4-6-9(15-8)11(12,13)14/h4-6H,7H2,1-3H3. The van der Waals surface area contributed by atoms with E-state index in [1.807, 2.05) is 20.8 Å². The molecular weight excluding hydrogens is 219 g/mol. The predicted molar refractivity (Wildman–Crippen MR) is 53.8 cm³/mol. The van der Waals surface area contributed by atoms with Gasteiger partial charge in [0, 0.05) is 0 Å². The lowest BCUT2D eigenvalue weighted by molar-refractivity contribution is -0.141. The predicted octanol–water partition coefficient (Wildman–Crippen LogP) is 3.42. The van der Waals surface area contributed by atoms with Gasteiger partial charge in [-0.3, -0.25) is 0 Å². The van der Waals surface area contributed by atoms with Crippen LogP contribution in [0.2, 0.25) is 0 Å². The molecule has 1 heterocycles. The zero-order chi connectivity index (χ0) is 12.4. The third kappa shape index (κ3) is 4.18. The summed E-state index contributed by atoms with van der Waals surface area (Å²) in [6.07, 6.45) is -4.41. The Morgan fingerprint density at radius 3 is 2.31 bits per heavy atom. The smallest absolute Gasteiger partial charge is 0.370 e. The van der Waals surface area contributed by atoms with Crippen molar-refractivity contribution in [3.05, 3.63) is 29.6 Å². The molecule has 90 valence electrons. The van der Waals surface area contributed by atoms with E-state index in [4.69, 9.17) is 4.74 Å². The molecule has 2 nitrogen and oxygen atoms in total. The summed E-state index contributed by atoms with van der Waals surface area (Å²) in [5, 5.41) is 0. The molecule has 1 aromatic heterocycles. The summed E-state index contributed by atoms with van der Waals surface area (Å²) in [6, 6.07) is 3.79. The Bertz CT molecular complexity index is 355. The van der Waals surface area contributed by atoms with E-state index in [0.717, 1.165) is 6.07 Å². The molecule has 0 radical (unpaired) electrons. The number of hydrogen-bond acceptors (Lipinski definition) is 2. The highest BCUT2D eigenvalue weighted by Gasteiger charge is 2.32. The largest absolute Gasteiger partial charge is 0.433 e. The van der Waals surface area contributed by atoms with Gasteiger partial charge in [0.1, 0.15) is 5.69 Å². The summed E-state index contributed by atoms with van der Waals surface area (Å²) in [5.74, 6) is 0. The van der Waals surface area contributed by atoms with Crippen LogP contribution in [0.5, 0.6) is 0 Å². The van der Waals surface area contributed by atoms with Crippen LogP contribution < -0.4 is 0 Å². The minimum absolute atomic E-state index is 0.0768. The molecule has 0 fully saturated rings. The van der Waals surface area contributed by atoms with Gasteiger partial charge in [0.15, 0.2) is 0 Å². The van der Waals surface area contributed by atoms with E-state index in [0.29, 0.717) is 0 Å². The van der Waals surface area contributed by atoms with Crippen molar-refractivity contribution in [1.29, 1.82) is 0 Å². The van der Waals surface area contributed by atoms with Gasteiger partial charge in [-0.1, -0.05) is 6.07 Å². The molecule has 16 heavy (non-hydrogen) atoms. The highest BCUT2D eigenvalue weighted by molar-refractivity contribution is 5.13. The topological polar surface area (TPSA) is 22.1 Å². The fraction of sp³-hybridized carbons (Fsp3) is 0.545. The maximum absolute atomic E-state index is 12.3. The molecule has 0 aromatic carbocycles. The molecule has 0 aliphatic heterocycles. The number of pyridine rings is 1. The summed E-state index contributed by atoms with van der Waals surface area (Å²) >= 11 is 0. The second-order valence-electron chi connectivity index (χ2n) is 4.41. The van der Waals surface area contributed by atoms with E-state index in [1.165, 1.54) is 12.1 Å². The molecule has 0 aliphatic rings. The number of hydrogen-bond donors (Lipinski definition) is 0. The van der Waals surface area contributed by atoms with E-state index in [-0.39, 0.29) is 12.3 Å². The van der Waals surface area contributed by atoms with E-state index in [2.05, 4.69) is 4.98 Å². The van der Waals surface area contributed by atoms with Gasteiger partial charge in [-0.15, -0.1) is 0 Å². The quantitative estimate of drug-likeness (QED) is 0.780. The molecule has 0 amide bonds. The average molecular weight is 233 g/mol. The van der Waals surface area contributed by atoms with E-state index in [9.17, 15) is 13.2 Å². The Kier molecular flexibility index (Phi) is 3.57. The summed E-state index contributed by atoms with van der Waals surface area (Å²) in [4.78, 5) is 3.50. The van der Waals surface area contributed by atoms with Gasteiger partial charge in [-0.25, -0.2) is 4.98 Å². The van der Waals surface area contributed by atoms with Crippen LogP contribution in [0.15, 0.2) is 18.2 Å². The van der Waals surface area contributed by atoms with Crippen LogP contribution in [0.3, 0.4) is 0 Å². The van der Waals surface area contributed by atoms with Gasteiger partial charge in [0.25, 0.3) is 0 Å². The van der Waals surface area contributed by atoms with Crippen molar-refractivity contribution in [3.8, 4) is 0 Å². The Balaban J connectivity index is 2.76. The van der Waals surface area contributed by atoms with Crippen LogP contribution >= 0.6 is 0 Å². The van der Waals surface area contributed by atoms with E-state index < -0.39 is 17.5 Å². The Hall–Kier alpha value is -1.10. The summed E-state index contributed by atoms with van der Waals surface area (Å²) < 4.78 is 42.4. The van der Waals surface area contributed by atoms with Crippen molar-refractivity contribution >= 4 is 0 Å². The highest BCUT2D eigenvalue weighted by atomic mass is 19.4. The Morgan fingerprint density at radius 1 is 1.19 bits per heavy atom. The molecule has 0 aliphatic carbocycles. The third-order valence-electron chi connectivity index (χ3n) is 1.75. The van der Waals surface area contributed by atoms with E-state index >= 15 is 0 Å². The summed E-state index contributed by atoms with van der Waals surface area (Å²) in [6.45, 7) is 5.58. The zero-order valence-corrected chi connectivity index (χ0v) is 9.43. The molecule has 5 heteroatoms. The monoisotopic (exact) mass is 233 g/mol. The number of nitrogens with zero attached hydrogens (tertiary/aromatic N) is 1. The lowest BCUT2D eigenvalue weighted by atomic mass is 10.2. The number of rotatable bonds is 2. The lowest BCUT2D eigenvalue weighted by Crippen LogP contribution is -2.19. The minimum atomic E-state index is -4.41. The fourth-order valence-electron chi connectivity index (χ4n) is 1.01. The van der Waals surface area contributed by atoms with Crippen molar-refractivity contribution < 1.29 is 17.9 Å². The molecule has 0 spiro atoms. The van der Waals surface area contributed by atoms with E-state index in [1.54, 1.807) is 0 Å². The van der Waals surface area contributed by atoms with Crippen molar-refractivity contribution in [2.45, 2.75) is 39.2 Å². The maximum Gasteiger partial charge on any atom is 0.433 e. The van der Waals surface area contributed by atoms with Gasteiger partial charge in [0.05, 0.1) is 17.9 Å². The molecule has 0 unspecified atom stereocenters. The lowest BCUT2D eigenvalue weighted by Gasteiger charge is -2.19. The number of aromatic nitrogens is 1. The van der Waals surface area contributed by atoms with Crippen LogP contribution in [-0.2, 0) is 17.5 Å². The molecule has 0 bridgehead atoms. The molecule has 0 N–H and O–H groups in total. The second-order valence-corrected chi connectivity index (χ2v) is 4.41. The molecule has 0 saturated heterocycles. The molecule has 0 saturated carbocycles. The first-order chi connectivity index (χ1) is 7.18. The van der Waals surface area contributed by atoms with Gasteiger partial charge < -0.3 is 4.74 Å².